The van der Waals surface area contributed by atoms with Crippen LogP contribution in [0.3, 0.4) is 0 Å². The number of carbonyl (C=O) groups is 1. The van der Waals surface area contributed by atoms with Crippen LogP contribution in [0.25, 0.3) is 11.1 Å². The predicted molar refractivity (Wildman–Crippen MR) is 96.7 cm³/mol. The third-order valence-electron chi connectivity index (χ3n) is 4.97. The van der Waals surface area contributed by atoms with Crippen molar-refractivity contribution in [2.75, 3.05) is 18.1 Å². The maximum atomic E-state index is 12.1. The predicted octanol–water partition coefficient (Wildman–Crippen LogP) is 1.68. The Bertz CT molecular complexity index is 910. The van der Waals surface area contributed by atoms with Gasteiger partial charge in [0.05, 0.1) is 23.7 Å². The van der Waals surface area contributed by atoms with E-state index in [9.17, 15) is 18.3 Å². The zero-order chi connectivity index (χ0) is 18.3. The van der Waals surface area contributed by atoms with Crippen molar-refractivity contribution in [2.24, 2.45) is 0 Å². The first-order chi connectivity index (χ1) is 12.4. The number of hydrogen-bond acceptors (Lipinski definition) is 5. The molecule has 2 aliphatic rings. The van der Waals surface area contributed by atoms with Crippen LogP contribution < -0.4 is 5.32 Å². The zero-order valence-electron chi connectivity index (χ0n) is 14.0. The van der Waals surface area contributed by atoms with Crippen molar-refractivity contribution in [3.05, 3.63) is 59.7 Å². The highest BCUT2D eigenvalue weighted by molar-refractivity contribution is 7.91. The number of fused-ring (bicyclic) bond motifs is 3. The molecule has 0 aromatic heterocycles. The fourth-order valence-corrected chi connectivity index (χ4v) is 5.50. The summed E-state index contributed by atoms with van der Waals surface area (Å²) in [6, 6.07) is 15.2. The molecule has 7 heteroatoms. The molecule has 1 saturated heterocycles. The number of aliphatic hydroxyl groups excluding tert-OH is 1. The summed E-state index contributed by atoms with van der Waals surface area (Å²) in [7, 11) is -3.32. The summed E-state index contributed by atoms with van der Waals surface area (Å²) in [5.41, 5.74) is 4.47. The van der Waals surface area contributed by atoms with Gasteiger partial charge in [-0.15, -0.1) is 0 Å². The van der Waals surface area contributed by atoms with E-state index in [1.807, 2.05) is 48.5 Å². The highest BCUT2D eigenvalue weighted by Gasteiger charge is 2.38. The van der Waals surface area contributed by atoms with E-state index in [1.54, 1.807) is 0 Å². The minimum absolute atomic E-state index is 0.0645. The number of alkyl carbamates (subject to hydrolysis) is 1. The summed E-state index contributed by atoms with van der Waals surface area (Å²) in [5, 5.41) is 12.2. The topological polar surface area (TPSA) is 92.7 Å². The SMILES string of the molecule is O=C(N[C@@H]1CS(=O)(=O)C[C@H]1O)OCC1c2ccccc2-c2ccccc21. The molecule has 0 spiro atoms. The second kappa shape index (κ2) is 6.41. The van der Waals surface area contributed by atoms with E-state index in [-0.39, 0.29) is 24.0 Å². The number of sulfone groups is 1. The summed E-state index contributed by atoms with van der Waals surface area (Å²) in [5.74, 6) is -0.662. The molecule has 2 aromatic rings. The van der Waals surface area contributed by atoms with Crippen molar-refractivity contribution in [3.63, 3.8) is 0 Å². The van der Waals surface area contributed by atoms with Crippen molar-refractivity contribution < 1.29 is 23.1 Å². The average molecular weight is 373 g/mol. The van der Waals surface area contributed by atoms with Crippen molar-refractivity contribution in [2.45, 2.75) is 18.1 Å². The maximum Gasteiger partial charge on any atom is 0.407 e. The molecule has 6 nitrogen and oxygen atoms in total. The molecule has 4 rings (SSSR count). The second-order valence-corrected chi connectivity index (χ2v) is 8.87. The van der Waals surface area contributed by atoms with Crippen LogP contribution in [0.15, 0.2) is 48.5 Å². The number of ether oxygens (including phenoxy) is 1. The molecule has 2 N–H and O–H groups in total. The monoisotopic (exact) mass is 373 g/mol. The molecule has 1 heterocycles. The molecule has 0 radical (unpaired) electrons. The summed E-state index contributed by atoms with van der Waals surface area (Å²) in [4.78, 5) is 12.1. The van der Waals surface area contributed by atoms with Crippen molar-refractivity contribution in [3.8, 4) is 11.1 Å². The highest BCUT2D eigenvalue weighted by Crippen LogP contribution is 2.44. The van der Waals surface area contributed by atoms with Gasteiger partial charge >= 0.3 is 6.09 Å². The Kier molecular flexibility index (Phi) is 4.20. The van der Waals surface area contributed by atoms with Crippen molar-refractivity contribution in [1.82, 2.24) is 5.32 Å². The third kappa shape index (κ3) is 3.08. The largest absolute Gasteiger partial charge is 0.449 e. The number of carbonyl (C=O) groups excluding carboxylic acids is 1. The molecule has 2 aromatic carbocycles. The number of rotatable bonds is 3. The van der Waals surface area contributed by atoms with E-state index >= 15 is 0 Å². The molecule has 1 fully saturated rings. The molecular weight excluding hydrogens is 354 g/mol. The quantitative estimate of drug-likeness (QED) is 0.854. The smallest absolute Gasteiger partial charge is 0.407 e. The van der Waals surface area contributed by atoms with E-state index in [0.29, 0.717) is 0 Å². The van der Waals surface area contributed by atoms with Gasteiger partial charge < -0.3 is 15.2 Å². The van der Waals surface area contributed by atoms with Gasteiger partial charge in [-0.05, 0) is 22.3 Å². The summed E-state index contributed by atoms with van der Waals surface area (Å²) >= 11 is 0. The molecule has 1 aliphatic carbocycles. The second-order valence-electron chi connectivity index (χ2n) is 6.72. The van der Waals surface area contributed by atoms with Gasteiger partial charge in [-0.2, -0.15) is 0 Å². The van der Waals surface area contributed by atoms with Crippen LogP contribution in [0.2, 0.25) is 0 Å². The number of amides is 1. The van der Waals surface area contributed by atoms with Crippen LogP contribution in [0, 0.1) is 0 Å². The molecule has 0 saturated carbocycles. The maximum absolute atomic E-state index is 12.1. The normalized spacial score (nSPS) is 23.3. The first kappa shape index (κ1) is 17.1. The fourth-order valence-electron chi connectivity index (χ4n) is 3.76. The molecule has 0 bridgehead atoms. The van der Waals surface area contributed by atoms with Gasteiger partial charge in [-0.1, -0.05) is 48.5 Å². The van der Waals surface area contributed by atoms with E-state index < -0.39 is 28.1 Å². The van der Waals surface area contributed by atoms with Crippen LogP contribution in [-0.2, 0) is 14.6 Å². The standard InChI is InChI=1S/C19H19NO5S/c21-18-11-26(23,24)10-17(18)20-19(22)25-9-16-14-7-3-1-5-12(14)13-6-2-4-8-15(13)16/h1-8,16-18,21H,9-11H2,(H,20,22)/t17-,18-/m1/s1. The Hall–Kier alpha value is -2.38. The lowest BCUT2D eigenvalue weighted by Gasteiger charge is -2.17. The number of benzene rings is 2. The summed E-state index contributed by atoms with van der Waals surface area (Å²) in [6.07, 6.45) is -1.81. The van der Waals surface area contributed by atoms with Gasteiger partial charge in [0.15, 0.2) is 9.84 Å². The number of aliphatic hydroxyl groups is 1. The minimum Gasteiger partial charge on any atom is -0.449 e. The van der Waals surface area contributed by atoms with Crippen LogP contribution in [0.4, 0.5) is 4.79 Å². The highest BCUT2D eigenvalue weighted by atomic mass is 32.2. The van der Waals surface area contributed by atoms with Crippen LogP contribution >= 0.6 is 0 Å². The Morgan fingerprint density at radius 2 is 1.62 bits per heavy atom. The Morgan fingerprint density at radius 1 is 1.04 bits per heavy atom. The molecule has 1 aliphatic heterocycles. The first-order valence-electron chi connectivity index (χ1n) is 8.44. The van der Waals surface area contributed by atoms with Gasteiger partial charge in [-0.3, -0.25) is 0 Å². The van der Waals surface area contributed by atoms with E-state index in [0.717, 1.165) is 22.3 Å². The van der Waals surface area contributed by atoms with Gasteiger partial charge in [0, 0.05) is 5.92 Å². The van der Waals surface area contributed by atoms with Crippen LogP contribution in [-0.4, -0.2) is 49.9 Å². The first-order valence-corrected chi connectivity index (χ1v) is 10.3. The lowest BCUT2D eigenvalue weighted by molar-refractivity contribution is 0.121. The molecule has 0 unspecified atom stereocenters. The van der Waals surface area contributed by atoms with Crippen LogP contribution in [0.5, 0.6) is 0 Å². The van der Waals surface area contributed by atoms with E-state index in [2.05, 4.69) is 5.32 Å². The molecule has 136 valence electrons. The lowest BCUT2D eigenvalue weighted by atomic mass is 9.98. The van der Waals surface area contributed by atoms with Crippen LogP contribution in [0.1, 0.15) is 17.0 Å². The molecule has 2 atom stereocenters. The lowest BCUT2D eigenvalue weighted by Crippen LogP contribution is -2.43. The Balaban J connectivity index is 1.46. The van der Waals surface area contributed by atoms with Crippen molar-refractivity contribution >= 4 is 15.9 Å². The van der Waals surface area contributed by atoms with Gasteiger partial charge in [0.1, 0.15) is 6.61 Å². The summed E-state index contributed by atoms with van der Waals surface area (Å²) in [6.45, 7) is 0.148. The average Bonchev–Trinajstić information content (AvgIpc) is 3.06. The fraction of sp³-hybridized carbons (Fsp3) is 0.316. The zero-order valence-corrected chi connectivity index (χ0v) is 14.8. The summed E-state index contributed by atoms with van der Waals surface area (Å²) < 4.78 is 28.4. The molecule has 26 heavy (non-hydrogen) atoms. The minimum atomic E-state index is -3.32. The van der Waals surface area contributed by atoms with Gasteiger partial charge in [0.25, 0.3) is 0 Å². The van der Waals surface area contributed by atoms with Gasteiger partial charge in [0.2, 0.25) is 0 Å². The van der Waals surface area contributed by atoms with E-state index in [1.165, 1.54) is 0 Å². The third-order valence-corrected chi connectivity index (χ3v) is 6.69. The van der Waals surface area contributed by atoms with Crippen molar-refractivity contribution in [1.29, 1.82) is 0 Å². The van der Waals surface area contributed by atoms with Gasteiger partial charge in [-0.25, -0.2) is 13.2 Å². The van der Waals surface area contributed by atoms with E-state index in [4.69, 9.17) is 4.74 Å². The molecule has 1 amide bonds. The number of nitrogens with one attached hydrogen (secondary N) is 1. The Morgan fingerprint density at radius 3 is 2.15 bits per heavy atom. The number of hydrogen-bond donors (Lipinski definition) is 2. The molecular formula is C19H19NO5S. The Labute approximate surface area is 151 Å².